The molecule has 0 aromatic carbocycles. The zero-order valence-corrected chi connectivity index (χ0v) is 7.60. The Hall–Kier alpha value is 0.150. The van der Waals surface area contributed by atoms with Crippen LogP contribution >= 0.6 is 7.60 Å². The van der Waals surface area contributed by atoms with Gasteiger partial charge in [-0.05, 0) is 13.3 Å². The Labute approximate surface area is 61.9 Å². The van der Waals surface area contributed by atoms with Gasteiger partial charge in [-0.1, -0.05) is 13.8 Å². The molecule has 0 bridgehead atoms. The minimum atomic E-state index is -3.25. The van der Waals surface area contributed by atoms with E-state index >= 15 is 0 Å². The summed E-state index contributed by atoms with van der Waals surface area (Å²) in [7, 11) is -3.25. The summed E-state index contributed by atoms with van der Waals surface area (Å²) in [5.41, 5.74) is 0. The van der Waals surface area contributed by atoms with E-state index in [-0.39, 0.29) is 12.3 Å². The highest BCUT2D eigenvalue weighted by molar-refractivity contribution is 7.52. The number of rotatable bonds is 4. The van der Waals surface area contributed by atoms with E-state index in [0.717, 1.165) is 6.42 Å². The van der Waals surface area contributed by atoms with Gasteiger partial charge in [0.2, 0.25) is 0 Å². The summed E-state index contributed by atoms with van der Waals surface area (Å²) in [5.74, 6) is 0. The van der Waals surface area contributed by atoms with Crippen LogP contribution in [0.3, 0.4) is 0 Å². The Morgan fingerprint density at radius 2 is 2.10 bits per heavy atom. The molecule has 0 aliphatic heterocycles. The van der Waals surface area contributed by atoms with Crippen molar-refractivity contribution in [2.45, 2.75) is 33.3 Å². The van der Waals surface area contributed by atoms with Crippen molar-refractivity contribution in [2.75, 3.05) is 6.16 Å². The minimum absolute atomic E-state index is 0.115. The van der Waals surface area contributed by atoms with Crippen LogP contribution in [0.1, 0.15) is 27.2 Å². The summed E-state index contributed by atoms with van der Waals surface area (Å²) in [6, 6.07) is 0. The third-order valence-electron chi connectivity index (χ3n) is 1.32. The Balaban J connectivity index is 3.77. The van der Waals surface area contributed by atoms with Crippen molar-refractivity contribution in [3.05, 3.63) is 0 Å². The molecule has 3 nitrogen and oxygen atoms in total. The summed E-state index contributed by atoms with van der Waals surface area (Å²) >= 11 is 0. The van der Waals surface area contributed by atoms with Crippen molar-refractivity contribution in [1.82, 2.24) is 0 Å². The summed E-state index contributed by atoms with van der Waals surface area (Å²) in [5, 5.41) is 0. The highest BCUT2D eigenvalue weighted by Gasteiger charge is 2.18. The van der Waals surface area contributed by atoms with Gasteiger partial charge in [-0.2, -0.15) is 0 Å². The lowest BCUT2D eigenvalue weighted by atomic mass is 10.3. The van der Waals surface area contributed by atoms with E-state index in [0.29, 0.717) is 0 Å². The molecule has 10 heavy (non-hydrogen) atoms. The Morgan fingerprint density at radius 3 is 2.40 bits per heavy atom. The molecule has 0 aromatic rings. The molecule has 0 spiro atoms. The zero-order valence-electron chi connectivity index (χ0n) is 6.70. The topological polar surface area (TPSA) is 46.5 Å². The van der Waals surface area contributed by atoms with Crippen LogP contribution in [0.2, 0.25) is 0 Å². The lowest BCUT2D eigenvalue weighted by molar-refractivity contribution is 0.186. The van der Waals surface area contributed by atoms with E-state index in [1.807, 2.05) is 6.92 Å². The second-order valence-electron chi connectivity index (χ2n) is 2.28. The van der Waals surface area contributed by atoms with Crippen LogP contribution in [0.4, 0.5) is 0 Å². The molecule has 2 atom stereocenters. The average Bonchev–Trinajstić information content (AvgIpc) is 1.87. The van der Waals surface area contributed by atoms with Crippen LogP contribution in [-0.4, -0.2) is 17.2 Å². The first-order valence-corrected chi connectivity index (χ1v) is 5.28. The average molecular weight is 166 g/mol. The van der Waals surface area contributed by atoms with Crippen molar-refractivity contribution in [1.29, 1.82) is 0 Å². The third kappa shape index (κ3) is 4.04. The first kappa shape index (κ1) is 10.2. The second kappa shape index (κ2) is 4.12. The van der Waals surface area contributed by atoms with Gasteiger partial charge in [0, 0.05) is 6.16 Å². The lowest BCUT2D eigenvalue weighted by Gasteiger charge is -2.14. The molecule has 0 rings (SSSR count). The summed E-state index contributed by atoms with van der Waals surface area (Å²) in [6.45, 7) is 5.35. The molecule has 0 aromatic heterocycles. The minimum Gasteiger partial charge on any atom is -0.324 e. The van der Waals surface area contributed by atoms with Crippen LogP contribution in [0.5, 0.6) is 0 Å². The van der Waals surface area contributed by atoms with E-state index in [1.54, 1.807) is 13.8 Å². The first-order valence-electron chi connectivity index (χ1n) is 3.52. The van der Waals surface area contributed by atoms with Crippen molar-refractivity contribution in [2.24, 2.45) is 0 Å². The molecule has 0 saturated heterocycles. The molecule has 1 N–H and O–H groups in total. The van der Waals surface area contributed by atoms with Crippen LogP contribution in [0, 0.1) is 0 Å². The van der Waals surface area contributed by atoms with E-state index in [4.69, 9.17) is 9.42 Å². The van der Waals surface area contributed by atoms with Gasteiger partial charge in [-0.25, -0.2) is 0 Å². The number of hydrogen-bond acceptors (Lipinski definition) is 2. The molecule has 0 amide bonds. The number of hydrogen-bond donors (Lipinski definition) is 1. The fourth-order valence-corrected chi connectivity index (χ4v) is 1.29. The van der Waals surface area contributed by atoms with Gasteiger partial charge >= 0.3 is 7.60 Å². The Kier molecular flexibility index (Phi) is 4.18. The lowest BCUT2D eigenvalue weighted by Crippen LogP contribution is -2.04. The van der Waals surface area contributed by atoms with E-state index in [2.05, 4.69) is 0 Å². The Bertz CT molecular complexity index is 135. The molecule has 0 saturated carbocycles. The summed E-state index contributed by atoms with van der Waals surface area (Å²) < 4.78 is 15.7. The normalized spacial score (nSPS) is 20.0. The van der Waals surface area contributed by atoms with Gasteiger partial charge in [0.05, 0.1) is 6.10 Å². The van der Waals surface area contributed by atoms with Gasteiger partial charge in [-0.3, -0.25) is 4.57 Å². The fraction of sp³-hybridized carbons (Fsp3) is 1.00. The molecule has 0 radical (unpaired) electrons. The molecule has 2 unspecified atom stereocenters. The maximum absolute atomic E-state index is 10.9. The predicted molar refractivity (Wildman–Crippen MR) is 41.2 cm³/mol. The highest BCUT2D eigenvalue weighted by Crippen LogP contribution is 2.42. The maximum Gasteiger partial charge on any atom is 0.328 e. The smallest absolute Gasteiger partial charge is 0.324 e. The highest BCUT2D eigenvalue weighted by atomic mass is 31.2. The second-order valence-corrected chi connectivity index (χ2v) is 4.40. The van der Waals surface area contributed by atoms with Crippen LogP contribution in [-0.2, 0) is 9.09 Å². The van der Waals surface area contributed by atoms with Gasteiger partial charge in [0.1, 0.15) is 0 Å². The first-order chi connectivity index (χ1) is 4.52. The summed E-state index contributed by atoms with van der Waals surface area (Å²) in [6.07, 6.45) is 0.845. The van der Waals surface area contributed by atoms with Crippen LogP contribution < -0.4 is 0 Å². The van der Waals surface area contributed by atoms with Crippen molar-refractivity contribution in [3.63, 3.8) is 0 Å². The molecular formula is C6H15O3P. The zero-order chi connectivity index (χ0) is 8.20. The molecule has 0 heterocycles. The molecule has 0 aliphatic rings. The van der Waals surface area contributed by atoms with E-state index in [1.165, 1.54) is 0 Å². The van der Waals surface area contributed by atoms with Crippen molar-refractivity contribution < 1.29 is 14.0 Å². The van der Waals surface area contributed by atoms with Crippen LogP contribution in [0.15, 0.2) is 0 Å². The third-order valence-corrected chi connectivity index (χ3v) is 2.81. The van der Waals surface area contributed by atoms with Crippen LogP contribution in [0.25, 0.3) is 0 Å². The largest absolute Gasteiger partial charge is 0.328 e. The van der Waals surface area contributed by atoms with Crippen molar-refractivity contribution >= 4 is 7.60 Å². The molecular weight excluding hydrogens is 151 g/mol. The van der Waals surface area contributed by atoms with Gasteiger partial charge < -0.3 is 9.42 Å². The standard InChI is InChI=1S/C6H15O3P/c1-4-6(3)9-10(7,8)5-2/h6H,4-5H2,1-3H3,(H,7,8). The predicted octanol–water partition coefficient (Wildman–Crippen LogP) is 2.01. The summed E-state index contributed by atoms with van der Waals surface area (Å²) in [4.78, 5) is 8.96. The molecule has 0 fully saturated rings. The molecule has 4 heteroatoms. The quantitative estimate of drug-likeness (QED) is 0.650. The Morgan fingerprint density at radius 1 is 1.60 bits per heavy atom. The molecule has 0 aliphatic carbocycles. The molecule has 62 valence electrons. The van der Waals surface area contributed by atoms with E-state index in [9.17, 15) is 4.57 Å². The monoisotopic (exact) mass is 166 g/mol. The fourth-order valence-electron chi connectivity index (χ4n) is 0.430. The van der Waals surface area contributed by atoms with E-state index < -0.39 is 7.60 Å². The van der Waals surface area contributed by atoms with Gasteiger partial charge in [0.15, 0.2) is 0 Å². The van der Waals surface area contributed by atoms with Gasteiger partial charge in [-0.15, -0.1) is 0 Å². The SMILES string of the molecule is CCC(C)OP(=O)(O)CC. The van der Waals surface area contributed by atoms with Gasteiger partial charge in [0.25, 0.3) is 0 Å². The maximum atomic E-state index is 10.9. The van der Waals surface area contributed by atoms with Crippen molar-refractivity contribution in [3.8, 4) is 0 Å².